The van der Waals surface area contributed by atoms with E-state index in [1.54, 1.807) is 18.3 Å². The van der Waals surface area contributed by atoms with E-state index in [9.17, 15) is 9.59 Å². The van der Waals surface area contributed by atoms with Crippen molar-refractivity contribution >= 4 is 45.2 Å². The Labute approximate surface area is 161 Å². The van der Waals surface area contributed by atoms with Gasteiger partial charge in [0.25, 0.3) is 5.91 Å². The van der Waals surface area contributed by atoms with Gasteiger partial charge in [-0.1, -0.05) is 24.6 Å². The molecule has 1 amide bonds. The number of hydrogen-bond acceptors (Lipinski definition) is 7. The van der Waals surface area contributed by atoms with Gasteiger partial charge in [-0.15, -0.1) is 11.3 Å². The number of aromatic nitrogens is 2. The topological polar surface area (TPSA) is 81.2 Å². The number of carbonyl (C=O) groups excluding carboxylic acids is 2. The van der Waals surface area contributed by atoms with Crippen molar-refractivity contribution in [2.75, 3.05) is 5.75 Å². The van der Waals surface area contributed by atoms with Gasteiger partial charge < -0.3 is 10.1 Å². The number of aryl methyl sites for hydroxylation is 2. The van der Waals surface area contributed by atoms with Crippen molar-refractivity contribution < 1.29 is 14.3 Å². The van der Waals surface area contributed by atoms with Crippen LogP contribution in [0.25, 0.3) is 10.2 Å². The van der Waals surface area contributed by atoms with E-state index in [2.05, 4.69) is 22.2 Å². The highest BCUT2D eigenvalue weighted by molar-refractivity contribution is 8.00. The number of amides is 1. The van der Waals surface area contributed by atoms with Gasteiger partial charge in [0, 0.05) is 16.3 Å². The maximum Gasteiger partial charge on any atom is 0.317 e. The molecule has 2 aromatic heterocycles. The van der Waals surface area contributed by atoms with E-state index in [4.69, 9.17) is 4.74 Å². The summed E-state index contributed by atoms with van der Waals surface area (Å²) >= 11 is 2.94. The van der Waals surface area contributed by atoms with Crippen molar-refractivity contribution in [1.82, 2.24) is 15.3 Å². The number of fused-ring (bicyclic) bond motifs is 1. The summed E-state index contributed by atoms with van der Waals surface area (Å²) < 4.78 is 5.28. The van der Waals surface area contributed by atoms with Crippen LogP contribution in [-0.2, 0) is 14.3 Å². The predicted molar refractivity (Wildman–Crippen MR) is 104 cm³/mol. The second-order valence-corrected chi connectivity index (χ2v) is 8.72. The highest BCUT2D eigenvalue weighted by Gasteiger charge is 2.23. The molecule has 1 aliphatic rings. The molecule has 1 aliphatic carbocycles. The molecule has 1 atom stereocenters. The molecule has 8 heteroatoms. The molecular weight excluding hydrogens is 370 g/mol. The Hall–Kier alpha value is -1.67. The number of hydrogen-bond donors (Lipinski definition) is 1. The monoisotopic (exact) mass is 393 g/mol. The van der Waals surface area contributed by atoms with E-state index >= 15 is 0 Å². The van der Waals surface area contributed by atoms with E-state index in [1.807, 2.05) is 6.92 Å². The molecule has 2 heterocycles. The smallest absolute Gasteiger partial charge is 0.317 e. The second-order valence-electron chi connectivity index (χ2n) is 6.55. The number of nitrogens with zero attached hydrogens (tertiary/aromatic N) is 2. The van der Waals surface area contributed by atoms with Gasteiger partial charge >= 0.3 is 5.97 Å². The first-order chi connectivity index (χ1) is 12.5. The van der Waals surface area contributed by atoms with Gasteiger partial charge in [-0.05, 0) is 39.2 Å². The van der Waals surface area contributed by atoms with Gasteiger partial charge in [0.05, 0.1) is 5.75 Å². The molecule has 0 saturated heterocycles. The van der Waals surface area contributed by atoms with Crippen LogP contribution in [0.1, 0.15) is 43.0 Å². The molecule has 0 spiro atoms. The summed E-state index contributed by atoms with van der Waals surface area (Å²) in [7, 11) is 0. The lowest BCUT2D eigenvalue weighted by atomic mass is 10.2. The van der Waals surface area contributed by atoms with Gasteiger partial charge in [0.15, 0.2) is 6.10 Å². The largest absolute Gasteiger partial charge is 0.452 e. The number of nitrogens with one attached hydrogen (secondary N) is 1. The molecule has 1 N–H and O–H groups in total. The minimum absolute atomic E-state index is 0.113. The summed E-state index contributed by atoms with van der Waals surface area (Å²) in [6, 6.07) is 0.220. The summed E-state index contributed by atoms with van der Waals surface area (Å²) in [5.74, 6) is -0.522. The lowest BCUT2D eigenvalue weighted by Gasteiger charge is -2.17. The molecule has 0 radical (unpaired) electrons. The number of thioether (sulfide) groups is 1. The average Bonchev–Trinajstić information content (AvgIpc) is 3.21. The maximum absolute atomic E-state index is 12.1. The molecule has 0 aliphatic heterocycles. The van der Waals surface area contributed by atoms with Crippen LogP contribution in [0.15, 0.2) is 11.4 Å². The fourth-order valence-corrected chi connectivity index (χ4v) is 4.96. The molecule has 0 bridgehead atoms. The average molecular weight is 394 g/mol. The van der Waals surface area contributed by atoms with Gasteiger partial charge in [-0.3, -0.25) is 9.59 Å². The van der Waals surface area contributed by atoms with Crippen LogP contribution in [-0.4, -0.2) is 39.7 Å². The fourth-order valence-electron chi connectivity index (χ4n) is 3.06. The molecule has 140 valence electrons. The fraction of sp³-hybridized carbons (Fsp3) is 0.556. The van der Waals surface area contributed by atoms with Crippen molar-refractivity contribution in [3.8, 4) is 0 Å². The molecule has 1 saturated carbocycles. The molecule has 0 aromatic carbocycles. The first-order valence-corrected chi connectivity index (χ1v) is 10.6. The van der Waals surface area contributed by atoms with Crippen LogP contribution in [0.2, 0.25) is 0 Å². The van der Waals surface area contributed by atoms with Crippen molar-refractivity contribution in [3.63, 3.8) is 0 Å². The zero-order chi connectivity index (χ0) is 18.7. The number of carbonyl (C=O) groups is 2. The summed E-state index contributed by atoms with van der Waals surface area (Å²) in [6.45, 7) is 5.70. The summed E-state index contributed by atoms with van der Waals surface area (Å²) in [5.41, 5.74) is 1.14. The molecule has 26 heavy (non-hydrogen) atoms. The Balaban J connectivity index is 1.55. The van der Waals surface area contributed by atoms with Crippen LogP contribution >= 0.6 is 23.1 Å². The number of thiophene rings is 1. The van der Waals surface area contributed by atoms with Crippen LogP contribution < -0.4 is 5.32 Å². The van der Waals surface area contributed by atoms with Crippen LogP contribution in [0.4, 0.5) is 0 Å². The van der Waals surface area contributed by atoms with Gasteiger partial charge in [0.1, 0.15) is 16.2 Å². The van der Waals surface area contributed by atoms with Crippen molar-refractivity contribution in [2.45, 2.75) is 63.6 Å². The zero-order valence-corrected chi connectivity index (χ0v) is 16.8. The highest BCUT2D eigenvalue weighted by Crippen LogP contribution is 2.34. The Morgan fingerprint density at radius 3 is 2.81 bits per heavy atom. The van der Waals surface area contributed by atoms with Crippen LogP contribution in [0, 0.1) is 13.8 Å². The molecule has 1 fully saturated rings. The third-order valence-electron chi connectivity index (χ3n) is 4.64. The molecular formula is C18H23N3O3S2. The third-order valence-corrected chi connectivity index (χ3v) is 6.71. The SMILES string of the molecule is Cc1sc2ncnc(SCC(=O)O[C@@H](C)C(=O)NC3CCCC3)c2c1C. The summed E-state index contributed by atoms with van der Waals surface area (Å²) in [5, 5.41) is 4.72. The van der Waals surface area contributed by atoms with Crippen molar-refractivity contribution in [2.24, 2.45) is 0 Å². The minimum atomic E-state index is -0.778. The number of rotatable bonds is 6. The van der Waals surface area contributed by atoms with E-state index in [0.29, 0.717) is 0 Å². The highest BCUT2D eigenvalue weighted by atomic mass is 32.2. The quantitative estimate of drug-likeness (QED) is 0.460. The standard InChI is InChI=1S/C18H23N3O3S2/c1-10-12(3)26-18-15(10)17(19-9-20-18)25-8-14(22)24-11(2)16(23)21-13-6-4-5-7-13/h9,11,13H,4-8H2,1-3H3,(H,21,23)/t11-/m0/s1. The first kappa shape index (κ1) is 19.1. The molecule has 3 rings (SSSR count). The van der Waals surface area contributed by atoms with Crippen LogP contribution in [0.3, 0.4) is 0 Å². The second kappa shape index (κ2) is 8.35. The zero-order valence-electron chi connectivity index (χ0n) is 15.2. The Bertz CT molecular complexity index is 815. The van der Waals surface area contributed by atoms with Crippen LogP contribution in [0.5, 0.6) is 0 Å². The van der Waals surface area contributed by atoms with Crippen molar-refractivity contribution in [1.29, 1.82) is 0 Å². The summed E-state index contributed by atoms with van der Waals surface area (Å²) in [4.78, 5) is 35.0. The summed E-state index contributed by atoms with van der Waals surface area (Å²) in [6.07, 6.45) is 5.04. The van der Waals surface area contributed by atoms with Crippen molar-refractivity contribution in [3.05, 3.63) is 16.8 Å². The lowest BCUT2D eigenvalue weighted by Crippen LogP contribution is -2.41. The normalized spacial score (nSPS) is 16.0. The first-order valence-electron chi connectivity index (χ1n) is 8.79. The Morgan fingerprint density at radius 1 is 1.35 bits per heavy atom. The number of esters is 1. The molecule has 6 nitrogen and oxygen atoms in total. The van der Waals surface area contributed by atoms with Gasteiger partial charge in [0.2, 0.25) is 0 Å². The van der Waals surface area contributed by atoms with E-state index in [-0.39, 0.29) is 17.7 Å². The lowest BCUT2D eigenvalue weighted by molar-refractivity contribution is -0.152. The van der Waals surface area contributed by atoms with Gasteiger partial charge in [-0.2, -0.15) is 0 Å². The molecule has 0 unspecified atom stereocenters. The van der Waals surface area contributed by atoms with E-state index in [1.165, 1.54) is 23.0 Å². The maximum atomic E-state index is 12.1. The third kappa shape index (κ3) is 4.35. The Kier molecular flexibility index (Phi) is 6.13. The predicted octanol–water partition coefficient (Wildman–Crippen LogP) is 3.39. The Morgan fingerprint density at radius 2 is 2.08 bits per heavy atom. The van der Waals surface area contributed by atoms with E-state index in [0.717, 1.165) is 46.5 Å². The van der Waals surface area contributed by atoms with E-state index < -0.39 is 12.1 Å². The minimum Gasteiger partial charge on any atom is -0.452 e. The number of ether oxygens (including phenoxy) is 1. The van der Waals surface area contributed by atoms with Gasteiger partial charge in [-0.25, -0.2) is 9.97 Å². The molecule has 2 aromatic rings.